The lowest BCUT2D eigenvalue weighted by molar-refractivity contribution is -0.118. The van der Waals surface area contributed by atoms with Crippen LogP contribution in [0.25, 0.3) is 0 Å². The third-order valence-electron chi connectivity index (χ3n) is 2.84. The van der Waals surface area contributed by atoms with E-state index >= 15 is 0 Å². The minimum atomic E-state index is -0.300. The third-order valence-corrected chi connectivity index (χ3v) is 3.67. The molecule has 0 saturated heterocycles. The molecule has 1 aromatic heterocycles. The van der Waals surface area contributed by atoms with Gasteiger partial charge in [0.1, 0.15) is 10.8 Å². The zero-order valence-corrected chi connectivity index (χ0v) is 12.6. The summed E-state index contributed by atoms with van der Waals surface area (Å²) >= 11 is 1.30. The second-order valence-electron chi connectivity index (χ2n) is 4.34. The molecule has 0 unspecified atom stereocenters. The van der Waals surface area contributed by atoms with E-state index in [0.29, 0.717) is 16.3 Å². The molecule has 0 atom stereocenters. The molecule has 6 heteroatoms. The summed E-state index contributed by atoms with van der Waals surface area (Å²) in [5.74, 6) is 0.141. The molecule has 0 aliphatic carbocycles. The van der Waals surface area contributed by atoms with E-state index < -0.39 is 0 Å². The number of aryl methyl sites for hydroxylation is 1. The van der Waals surface area contributed by atoms with Gasteiger partial charge in [0.15, 0.2) is 6.61 Å². The lowest BCUT2D eigenvalue weighted by atomic mass is 10.2. The van der Waals surface area contributed by atoms with E-state index in [4.69, 9.17) is 4.74 Å². The van der Waals surface area contributed by atoms with Crippen molar-refractivity contribution in [1.29, 1.82) is 0 Å². The van der Waals surface area contributed by atoms with Gasteiger partial charge in [-0.05, 0) is 30.0 Å². The van der Waals surface area contributed by atoms with Crippen LogP contribution in [0.3, 0.4) is 0 Å². The quantitative estimate of drug-likeness (QED) is 0.891. The van der Waals surface area contributed by atoms with Gasteiger partial charge in [-0.2, -0.15) is 0 Å². The Balaban J connectivity index is 1.95. The summed E-state index contributed by atoms with van der Waals surface area (Å²) in [7, 11) is 1.55. The second kappa shape index (κ2) is 6.90. The van der Waals surface area contributed by atoms with Crippen LogP contribution in [0.5, 0.6) is 5.75 Å². The fourth-order valence-electron chi connectivity index (χ4n) is 1.74. The smallest absolute Gasteiger partial charge is 0.262 e. The number of amides is 2. The van der Waals surface area contributed by atoms with Crippen LogP contribution in [0.4, 0.5) is 5.00 Å². The molecule has 1 aromatic carbocycles. The molecule has 0 spiro atoms. The molecule has 2 amide bonds. The van der Waals surface area contributed by atoms with Crippen molar-refractivity contribution in [1.82, 2.24) is 5.32 Å². The lowest BCUT2D eigenvalue weighted by Gasteiger charge is -2.09. The van der Waals surface area contributed by atoms with Gasteiger partial charge in [-0.3, -0.25) is 9.59 Å². The largest absolute Gasteiger partial charge is 0.483 e. The normalized spacial score (nSPS) is 10.0. The van der Waals surface area contributed by atoms with Crippen LogP contribution in [0.2, 0.25) is 0 Å². The predicted octanol–water partition coefficient (Wildman–Crippen LogP) is 2.43. The Morgan fingerprint density at radius 2 is 2.00 bits per heavy atom. The first-order valence-corrected chi connectivity index (χ1v) is 7.27. The number of anilines is 1. The van der Waals surface area contributed by atoms with Crippen molar-refractivity contribution < 1.29 is 14.3 Å². The molecule has 21 heavy (non-hydrogen) atoms. The number of para-hydroxylation sites is 1. The molecule has 0 aliphatic heterocycles. The number of carbonyl (C=O) groups excluding carboxylic acids is 2. The van der Waals surface area contributed by atoms with Gasteiger partial charge in [-0.1, -0.05) is 18.2 Å². The van der Waals surface area contributed by atoms with E-state index in [9.17, 15) is 9.59 Å². The average molecular weight is 304 g/mol. The molecule has 0 aliphatic rings. The van der Waals surface area contributed by atoms with Gasteiger partial charge < -0.3 is 15.4 Å². The van der Waals surface area contributed by atoms with E-state index in [0.717, 1.165) is 5.56 Å². The Bertz CT molecular complexity index is 652. The molecule has 1 heterocycles. The van der Waals surface area contributed by atoms with Crippen LogP contribution in [0.1, 0.15) is 15.9 Å². The van der Waals surface area contributed by atoms with Gasteiger partial charge in [0, 0.05) is 7.05 Å². The Hall–Kier alpha value is -2.34. The highest BCUT2D eigenvalue weighted by Crippen LogP contribution is 2.23. The Morgan fingerprint density at radius 1 is 1.24 bits per heavy atom. The molecular weight excluding hydrogens is 288 g/mol. The van der Waals surface area contributed by atoms with Crippen LogP contribution in [-0.2, 0) is 4.79 Å². The molecule has 2 N–H and O–H groups in total. The summed E-state index contributed by atoms with van der Waals surface area (Å²) < 4.78 is 5.47. The van der Waals surface area contributed by atoms with Crippen molar-refractivity contribution in [2.45, 2.75) is 6.92 Å². The Kier molecular flexibility index (Phi) is 4.94. The van der Waals surface area contributed by atoms with Crippen molar-refractivity contribution >= 4 is 28.2 Å². The van der Waals surface area contributed by atoms with E-state index in [1.165, 1.54) is 11.3 Å². The Morgan fingerprint density at radius 3 is 2.71 bits per heavy atom. The number of rotatable bonds is 5. The van der Waals surface area contributed by atoms with E-state index in [2.05, 4.69) is 10.6 Å². The molecule has 0 bridgehead atoms. The molecule has 0 radical (unpaired) electrons. The number of ether oxygens (including phenoxy) is 1. The van der Waals surface area contributed by atoms with Crippen LogP contribution in [-0.4, -0.2) is 25.5 Å². The summed E-state index contributed by atoms with van der Waals surface area (Å²) in [6, 6.07) is 9.15. The highest BCUT2D eigenvalue weighted by atomic mass is 32.1. The zero-order chi connectivity index (χ0) is 15.2. The maximum absolute atomic E-state index is 11.9. The molecule has 2 rings (SSSR count). The van der Waals surface area contributed by atoms with Crippen LogP contribution >= 0.6 is 11.3 Å². The van der Waals surface area contributed by atoms with Crippen molar-refractivity contribution in [3.05, 3.63) is 46.8 Å². The first kappa shape index (κ1) is 15.1. The average Bonchev–Trinajstić information content (AvgIpc) is 2.93. The maximum atomic E-state index is 11.9. The topological polar surface area (TPSA) is 67.4 Å². The second-order valence-corrected chi connectivity index (χ2v) is 5.26. The zero-order valence-electron chi connectivity index (χ0n) is 11.8. The molecule has 0 saturated carbocycles. The molecular formula is C15H16N2O3S. The number of thiophene rings is 1. The molecule has 110 valence electrons. The van der Waals surface area contributed by atoms with Crippen LogP contribution in [0.15, 0.2) is 35.7 Å². The van der Waals surface area contributed by atoms with Crippen molar-refractivity contribution in [2.24, 2.45) is 0 Å². The van der Waals surface area contributed by atoms with Gasteiger partial charge in [0.2, 0.25) is 0 Å². The summed E-state index contributed by atoms with van der Waals surface area (Å²) in [4.78, 5) is 23.5. The van der Waals surface area contributed by atoms with E-state index in [1.54, 1.807) is 18.5 Å². The van der Waals surface area contributed by atoms with Crippen molar-refractivity contribution in [2.75, 3.05) is 19.0 Å². The van der Waals surface area contributed by atoms with Gasteiger partial charge in [0.25, 0.3) is 11.8 Å². The van der Waals surface area contributed by atoms with Crippen molar-refractivity contribution in [3.63, 3.8) is 0 Å². The highest BCUT2D eigenvalue weighted by molar-refractivity contribution is 7.14. The molecule has 0 fully saturated rings. The van der Waals surface area contributed by atoms with Gasteiger partial charge in [-0.15, -0.1) is 11.3 Å². The van der Waals surface area contributed by atoms with Crippen molar-refractivity contribution in [3.8, 4) is 5.75 Å². The van der Waals surface area contributed by atoms with E-state index in [1.807, 2.05) is 31.2 Å². The fraction of sp³-hybridized carbons (Fsp3) is 0.200. The number of nitrogens with one attached hydrogen (secondary N) is 2. The first-order valence-electron chi connectivity index (χ1n) is 6.39. The summed E-state index contributed by atoms with van der Waals surface area (Å²) in [6.07, 6.45) is 0. The summed E-state index contributed by atoms with van der Waals surface area (Å²) in [5, 5.41) is 7.49. The third kappa shape index (κ3) is 3.82. The number of hydrogen-bond donors (Lipinski definition) is 2. The SMILES string of the molecule is CNC(=O)c1ccsc1NC(=O)COc1ccccc1C. The monoisotopic (exact) mass is 304 g/mol. The summed E-state index contributed by atoms with van der Waals surface area (Å²) in [6.45, 7) is 1.81. The highest BCUT2D eigenvalue weighted by Gasteiger charge is 2.14. The van der Waals surface area contributed by atoms with Crippen LogP contribution in [0, 0.1) is 6.92 Å². The fourth-order valence-corrected chi connectivity index (χ4v) is 2.54. The molecule has 2 aromatic rings. The van der Waals surface area contributed by atoms with Gasteiger partial charge >= 0.3 is 0 Å². The Labute approximate surface area is 126 Å². The van der Waals surface area contributed by atoms with Crippen LogP contribution < -0.4 is 15.4 Å². The lowest BCUT2D eigenvalue weighted by Crippen LogP contribution is -2.23. The molecule has 5 nitrogen and oxygen atoms in total. The number of hydrogen-bond acceptors (Lipinski definition) is 4. The number of carbonyl (C=O) groups is 2. The van der Waals surface area contributed by atoms with E-state index in [-0.39, 0.29) is 18.4 Å². The number of benzene rings is 1. The first-order chi connectivity index (χ1) is 10.1. The van der Waals surface area contributed by atoms with Gasteiger partial charge in [0.05, 0.1) is 5.56 Å². The summed E-state index contributed by atoms with van der Waals surface area (Å²) in [5.41, 5.74) is 1.42. The minimum absolute atomic E-state index is 0.101. The maximum Gasteiger partial charge on any atom is 0.262 e. The van der Waals surface area contributed by atoms with Gasteiger partial charge in [-0.25, -0.2) is 0 Å². The predicted molar refractivity (Wildman–Crippen MR) is 83.0 cm³/mol. The standard InChI is InChI=1S/C15H16N2O3S/c1-10-5-3-4-6-12(10)20-9-13(18)17-15-11(7-8-21-15)14(19)16-2/h3-8H,9H2,1-2H3,(H,16,19)(H,17,18). The minimum Gasteiger partial charge on any atom is -0.483 e.